The number of benzene rings is 4. The van der Waals surface area contributed by atoms with Crippen molar-refractivity contribution in [2.24, 2.45) is 11.8 Å². The summed E-state index contributed by atoms with van der Waals surface area (Å²) in [5, 5.41) is 1.16. The fraction of sp³-hybridized carbons (Fsp3) is 0.171. The fourth-order valence-corrected chi connectivity index (χ4v) is 9.16. The van der Waals surface area contributed by atoms with Gasteiger partial charge in [0.25, 0.3) is 0 Å². The van der Waals surface area contributed by atoms with Crippen LogP contribution in [0.1, 0.15) is 33.3 Å². The van der Waals surface area contributed by atoms with E-state index in [1.807, 2.05) is 60.7 Å². The SMILES string of the molecule is CCN1C(=O)C2C(C1=O)C(c1ccccc1)(c1ccccc1)N(c1nc(-c3ccc(Cl)cc3)c(C(=O)c3cc4ccccc4oc3=O)s1)[C@H]2C(=O)OC. The fourth-order valence-electron chi connectivity index (χ4n) is 7.89. The van der Waals surface area contributed by atoms with Gasteiger partial charge in [-0.2, -0.15) is 0 Å². The number of ether oxygens (including phenoxy) is 1. The molecule has 0 N–H and O–H groups in total. The van der Waals surface area contributed by atoms with Crippen LogP contribution < -0.4 is 10.5 Å². The van der Waals surface area contributed by atoms with Gasteiger partial charge in [0.15, 0.2) is 5.13 Å². The van der Waals surface area contributed by atoms with E-state index in [9.17, 15) is 24.0 Å². The van der Waals surface area contributed by atoms with Crippen LogP contribution in [-0.2, 0) is 24.7 Å². The van der Waals surface area contributed by atoms with Crippen LogP contribution in [0.4, 0.5) is 5.13 Å². The summed E-state index contributed by atoms with van der Waals surface area (Å²) in [6.07, 6.45) is 0. The first-order chi connectivity index (χ1) is 25.7. The Morgan fingerprint density at radius 2 is 1.49 bits per heavy atom. The maximum Gasteiger partial charge on any atom is 0.347 e. The first-order valence-electron chi connectivity index (χ1n) is 16.9. The summed E-state index contributed by atoms with van der Waals surface area (Å²) in [5.41, 5.74) is -0.231. The van der Waals surface area contributed by atoms with Gasteiger partial charge in [0.1, 0.15) is 27.6 Å². The van der Waals surface area contributed by atoms with Gasteiger partial charge in [0.2, 0.25) is 17.6 Å². The number of likely N-dealkylation sites (tertiary alicyclic amines) is 1. The van der Waals surface area contributed by atoms with Crippen molar-refractivity contribution in [1.82, 2.24) is 9.88 Å². The number of fused-ring (bicyclic) bond motifs is 2. The second kappa shape index (κ2) is 13.3. The van der Waals surface area contributed by atoms with Crippen molar-refractivity contribution < 1.29 is 28.3 Å². The lowest BCUT2D eigenvalue weighted by atomic mass is 9.71. The first-order valence-corrected chi connectivity index (χ1v) is 18.1. The molecular weight excluding hydrogens is 714 g/mol. The molecule has 2 aromatic heterocycles. The molecule has 8 rings (SSSR count). The van der Waals surface area contributed by atoms with Crippen LogP contribution in [0.5, 0.6) is 0 Å². The lowest BCUT2D eigenvalue weighted by molar-refractivity contribution is -0.147. The third-order valence-corrected chi connectivity index (χ3v) is 11.4. The molecule has 53 heavy (non-hydrogen) atoms. The number of halogens is 1. The highest BCUT2D eigenvalue weighted by molar-refractivity contribution is 7.18. The highest BCUT2D eigenvalue weighted by atomic mass is 35.5. The minimum Gasteiger partial charge on any atom is -0.467 e. The number of nitrogens with zero attached hydrogens (tertiary/aromatic N) is 3. The van der Waals surface area contributed by atoms with Gasteiger partial charge in [0, 0.05) is 22.5 Å². The second-order valence-electron chi connectivity index (χ2n) is 12.8. The Bertz CT molecular complexity index is 2440. The number of thiazole rings is 1. The molecule has 4 heterocycles. The van der Waals surface area contributed by atoms with Crippen molar-refractivity contribution in [3.63, 3.8) is 0 Å². The minimum absolute atomic E-state index is 0.0773. The van der Waals surface area contributed by atoms with E-state index in [4.69, 9.17) is 25.7 Å². The van der Waals surface area contributed by atoms with Crippen LogP contribution in [0.2, 0.25) is 5.02 Å². The third-order valence-electron chi connectivity index (χ3n) is 10.1. The Balaban J connectivity index is 1.45. The van der Waals surface area contributed by atoms with Gasteiger partial charge in [-0.1, -0.05) is 114 Å². The number of rotatable bonds is 8. The number of hydrogen-bond donors (Lipinski definition) is 0. The number of imide groups is 1. The lowest BCUT2D eigenvalue weighted by Gasteiger charge is -2.44. The zero-order valence-electron chi connectivity index (χ0n) is 28.4. The molecule has 0 spiro atoms. The molecule has 0 radical (unpaired) electrons. The number of amides is 2. The van der Waals surface area contributed by atoms with Crippen molar-refractivity contribution in [3.05, 3.63) is 152 Å². The van der Waals surface area contributed by atoms with Gasteiger partial charge < -0.3 is 14.1 Å². The normalized spacial score (nSPS) is 19.1. The van der Waals surface area contributed by atoms with Gasteiger partial charge in [-0.3, -0.25) is 19.3 Å². The lowest BCUT2D eigenvalue weighted by Crippen LogP contribution is -2.55. The molecule has 6 aromatic rings. The van der Waals surface area contributed by atoms with Crippen molar-refractivity contribution in [1.29, 1.82) is 0 Å². The summed E-state index contributed by atoms with van der Waals surface area (Å²) in [4.78, 5) is 79.0. The first kappa shape index (κ1) is 34.2. The summed E-state index contributed by atoms with van der Waals surface area (Å²) in [6, 6.07) is 32.1. The van der Waals surface area contributed by atoms with Gasteiger partial charge in [-0.25, -0.2) is 14.6 Å². The predicted molar refractivity (Wildman–Crippen MR) is 200 cm³/mol. The van der Waals surface area contributed by atoms with Crippen molar-refractivity contribution >= 4 is 62.6 Å². The maximum atomic E-state index is 14.6. The molecule has 2 aliphatic heterocycles. The Hall–Kier alpha value is -5.91. The minimum atomic E-state index is -1.49. The molecule has 2 saturated heterocycles. The largest absolute Gasteiger partial charge is 0.467 e. The predicted octanol–water partition coefficient (Wildman–Crippen LogP) is 6.73. The van der Waals surface area contributed by atoms with Crippen LogP contribution in [0.15, 0.2) is 124 Å². The van der Waals surface area contributed by atoms with Crippen LogP contribution in [-0.4, -0.2) is 53.1 Å². The van der Waals surface area contributed by atoms with Crippen LogP contribution in [0, 0.1) is 11.8 Å². The van der Waals surface area contributed by atoms with Crippen LogP contribution >= 0.6 is 22.9 Å². The van der Waals surface area contributed by atoms with Gasteiger partial charge in [-0.05, 0) is 42.3 Å². The van der Waals surface area contributed by atoms with E-state index < -0.39 is 52.6 Å². The van der Waals surface area contributed by atoms with Crippen molar-refractivity contribution in [2.45, 2.75) is 18.5 Å². The quantitative estimate of drug-likeness (QED) is 0.0722. The van der Waals surface area contributed by atoms with Crippen LogP contribution in [0.25, 0.3) is 22.2 Å². The number of esters is 1. The molecule has 0 bridgehead atoms. The number of anilines is 1. The Morgan fingerprint density at radius 3 is 2.11 bits per heavy atom. The molecule has 0 aliphatic carbocycles. The zero-order valence-corrected chi connectivity index (χ0v) is 30.0. The molecule has 264 valence electrons. The molecule has 2 aliphatic rings. The van der Waals surface area contributed by atoms with E-state index in [2.05, 4.69) is 0 Å². The Morgan fingerprint density at radius 1 is 0.868 bits per heavy atom. The molecule has 10 nitrogen and oxygen atoms in total. The average Bonchev–Trinajstić information content (AvgIpc) is 3.84. The number of methoxy groups -OCH3 is 1. The Kier molecular flexibility index (Phi) is 8.55. The monoisotopic (exact) mass is 743 g/mol. The maximum absolute atomic E-state index is 14.6. The average molecular weight is 744 g/mol. The summed E-state index contributed by atoms with van der Waals surface area (Å²) in [6.45, 7) is 1.83. The molecule has 3 atom stereocenters. The zero-order chi connectivity index (χ0) is 37.0. The highest BCUT2D eigenvalue weighted by Gasteiger charge is 2.72. The summed E-state index contributed by atoms with van der Waals surface area (Å²) in [5.74, 6) is -4.59. The number of hydrogen-bond acceptors (Lipinski definition) is 10. The molecule has 2 fully saturated rings. The van der Waals surface area contributed by atoms with E-state index in [0.29, 0.717) is 32.7 Å². The Labute approximate surface area is 312 Å². The highest BCUT2D eigenvalue weighted by Crippen LogP contribution is 2.59. The van der Waals surface area contributed by atoms with E-state index in [1.54, 1.807) is 60.4 Å². The third kappa shape index (κ3) is 5.21. The van der Waals surface area contributed by atoms with Gasteiger partial charge in [-0.15, -0.1) is 0 Å². The summed E-state index contributed by atoms with van der Waals surface area (Å²) < 4.78 is 10.9. The number of carbonyl (C=O) groups excluding carboxylic acids is 4. The molecular formula is C41H30ClN3O7S. The molecule has 2 unspecified atom stereocenters. The van der Waals surface area contributed by atoms with Crippen molar-refractivity contribution in [3.8, 4) is 11.3 Å². The summed E-state index contributed by atoms with van der Waals surface area (Å²) >= 11 is 7.22. The molecule has 0 saturated carbocycles. The van der Waals surface area contributed by atoms with E-state index in [-0.39, 0.29) is 27.8 Å². The van der Waals surface area contributed by atoms with Gasteiger partial charge in [0.05, 0.1) is 24.6 Å². The smallest absolute Gasteiger partial charge is 0.347 e. The van der Waals surface area contributed by atoms with E-state index in [1.165, 1.54) is 18.1 Å². The number of aromatic nitrogens is 1. The number of para-hydroxylation sites is 1. The molecule has 2 amide bonds. The molecule has 12 heteroatoms. The van der Waals surface area contributed by atoms with E-state index >= 15 is 0 Å². The van der Waals surface area contributed by atoms with Crippen LogP contribution in [0.3, 0.4) is 0 Å². The summed E-state index contributed by atoms with van der Waals surface area (Å²) in [7, 11) is 1.23. The van der Waals surface area contributed by atoms with Gasteiger partial charge >= 0.3 is 11.6 Å². The number of ketones is 1. The second-order valence-corrected chi connectivity index (χ2v) is 14.2. The van der Waals surface area contributed by atoms with E-state index in [0.717, 1.165) is 11.3 Å². The molecule has 4 aromatic carbocycles. The number of carbonyl (C=O) groups is 4. The van der Waals surface area contributed by atoms with Crippen molar-refractivity contribution in [2.75, 3.05) is 18.6 Å². The standard InChI is InChI=1S/C41H30ClN3O7S/c1-3-44-36(47)30-31(37(44)48)41(25-13-6-4-7-14-25,26-15-8-5-9-16-26)45(33(30)39(50)51-2)40-43-32(23-18-20-27(42)21-19-23)35(53-40)34(46)28-22-24-12-10-11-17-29(24)52-38(28)49/h4-22,30-31,33H,3H2,1-2H3/t30?,31?,33-/m1/s1. The topological polar surface area (TPSA) is 127 Å².